The van der Waals surface area contributed by atoms with E-state index in [4.69, 9.17) is 0 Å². The maximum absolute atomic E-state index is 13.5. The van der Waals surface area contributed by atoms with Crippen molar-refractivity contribution in [3.05, 3.63) is 59.2 Å². The molecule has 2 aromatic carbocycles. The number of carbonyl (C=O) groups is 1. The highest BCUT2D eigenvalue weighted by atomic mass is 32.2. The highest BCUT2D eigenvalue weighted by Gasteiger charge is 2.34. The molecule has 0 saturated heterocycles. The molecule has 7 heteroatoms. The molecule has 0 heterocycles. The first-order valence-electron chi connectivity index (χ1n) is 5.60. The van der Waals surface area contributed by atoms with Crippen molar-refractivity contribution in [3.63, 3.8) is 0 Å². The molecular weight excluding hydrogens is 311 g/mol. The summed E-state index contributed by atoms with van der Waals surface area (Å²) in [5.41, 5.74) is -1.22. The van der Waals surface area contributed by atoms with Crippen molar-refractivity contribution in [3.8, 4) is 0 Å². The number of hydrogen-bond acceptors (Lipinski definition) is 2. The van der Waals surface area contributed by atoms with E-state index in [-0.39, 0.29) is 21.6 Å². The van der Waals surface area contributed by atoms with Crippen molar-refractivity contribution in [1.29, 1.82) is 0 Å². The Morgan fingerprint density at radius 2 is 1.67 bits per heavy atom. The lowest BCUT2D eigenvalue weighted by atomic mass is 10.1. The maximum atomic E-state index is 13.5. The van der Waals surface area contributed by atoms with Crippen molar-refractivity contribution in [1.82, 2.24) is 0 Å². The molecule has 0 saturated carbocycles. The summed E-state index contributed by atoms with van der Waals surface area (Å²) in [4.78, 5) is 10.00. The summed E-state index contributed by atoms with van der Waals surface area (Å²) in [5.74, 6) is -1.58. The molecule has 0 amide bonds. The number of alkyl halides is 3. The van der Waals surface area contributed by atoms with Crippen LogP contribution < -0.4 is 0 Å². The second kappa shape index (κ2) is 5.85. The quantitative estimate of drug-likeness (QED) is 0.588. The fourth-order valence-corrected chi connectivity index (χ4v) is 2.60. The number of carbonyl (C=O) groups excluding carboxylic acids is 1. The highest BCUT2D eigenvalue weighted by molar-refractivity contribution is 7.99. The van der Waals surface area contributed by atoms with Gasteiger partial charge < -0.3 is 0 Å². The van der Waals surface area contributed by atoms with Crippen LogP contribution in [0.25, 0.3) is 0 Å². The third kappa shape index (κ3) is 3.60. The van der Waals surface area contributed by atoms with E-state index in [1.165, 1.54) is 6.07 Å². The van der Waals surface area contributed by atoms with E-state index in [0.29, 0.717) is 17.8 Å². The van der Waals surface area contributed by atoms with Gasteiger partial charge in [0.15, 0.2) is 0 Å². The van der Waals surface area contributed by atoms with Crippen molar-refractivity contribution in [2.75, 3.05) is 0 Å². The minimum atomic E-state index is -4.70. The van der Waals surface area contributed by atoms with Crippen LogP contribution in [0.3, 0.4) is 0 Å². The molecule has 0 radical (unpaired) electrons. The Labute approximate surface area is 120 Å². The summed E-state index contributed by atoms with van der Waals surface area (Å²) in [5, 5.41) is 0. The number of benzene rings is 2. The van der Waals surface area contributed by atoms with Crippen LogP contribution in [-0.4, -0.2) is 6.29 Å². The van der Waals surface area contributed by atoms with Gasteiger partial charge in [-0.05, 0) is 30.3 Å². The molecule has 21 heavy (non-hydrogen) atoms. The summed E-state index contributed by atoms with van der Waals surface area (Å²) in [6, 6.07) is 5.44. The molecule has 1 nitrogen and oxygen atoms in total. The lowest BCUT2D eigenvalue weighted by Crippen LogP contribution is -2.07. The number of rotatable bonds is 3. The molecule has 0 aliphatic carbocycles. The predicted octanol–water partition coefficient (Wildman–Crippen LogP) is 4.95. The summed E-state index contributed by atoms with van der Waals surface area (Å²) in [6.07, 6.45) is -4.42. The first-order chi connectivity index (χ1) is 9.81. The van der Waals surface area contributed by atoms with Crippen molar-refractivity contribution in [2.45, 2.75) is 16.0 Å². The molecule has 110 valence electrons. The van der Waals surface area contributed by atoms with Gasteiger partial charge in [0.1, 0.15) is 17.9 Å². The normalized spacial score (nSPS) is 11.5. The first kappa shape index (κ1) is 15.5. The van der Waals surface area contributed by atoms with Crippen LogP contribution >= 0.6 is 11.8 Å². The monoisotopic (exact) mass is 318 g/mol. The van der Waals surface area contributed by atoms with Crippen molar-refractivity contribution >= 4 is 18.0 Å². The van der Waals surface area contributed by atoms with Gasteiger partial charge in [-0.3, -0.25) is 4.79 Å². The van der Waals surface area contributed by atoms with Gasteiger partial charge in [-0.2, -0.15) is 13.2 Å². The van der Waals surface area contributed by atoms with Gasteiger partial charge in [-0.15, -0.1) is 0 Å². The highest BCUT2D eigenvalue weighted by Crippen LogP contribution is 2.40. The largest absolute Gasteiger partial charge is 0.417 e. The van der Waals surface area contributed by atoms with Crippen LogP contribution in [0.2, 0.25) is 0 Å². The zero-order chi connectivity index (χ0) is 15.6. The van der Waals surface area contributed by atoms with Crippen LogP contribution in [-0.2, 0) is 6.18 Å². The van der Waals surface area contributed by atoms with Crippen LogP contribution in [0.4, 0.5) is 22.0 Å². The second-order valence-corrected chi connectivity index (χ2v) is 5.13. The Morgan fingerprint density at radius 3 is 2.29 bits per heavy atom. The van der Waals surface area contributed by atoms with Gasteiger partial charge in [0.2, 0.25) is 0 Å². The maximum Gasteiger partial charge on any atom is 0.417 e. The Kier molecular flexibility index (Phi) is 4.32. The standard InChI is InChI=1S/C14H7F5OS/c15-9-2-3-11(16)13(6-9)21-12-4-1-8(7-20)5-10(12)14(17,18)19/h1-7H. The lowest BCUT2D eigenvalue weighted by molar-refractivity contribution is -0.139. The minimum Gasteiger partial charge on any atom is -0.298 e. The van der Waals surface area contributed by atoms with E-state index < -0.39 is 23.4 Å². The molecular formula is C14H7F5OS. The molecule has 0 fully saturated rings. The van der Waals surface area contributed by atoms with E-state index in [0.717, 1.165) is 24.3 Å². The summed E-state index contributed by atoms with van der Waals surface area (Å²) in [7, 11) is 0. The lowest BCUT2D eigenvalue weighted by Gasteiger charge is -2.13. The molecule has 0 bridgehead atoms. The van der Waals surface area contributed by atoms with Crippen LogP contribution in [0.5, 0.6) is 0 Å². The molecule has 2 aromatic rings. The van der Waals surface area contributed by atoms with Crippen molar-refractivity contribution in [2.24, 2.45) is 0 Å². The smallest absolute Gasteiger partial charge is 0.298 e. The molecule has 0 spiro atoms. The number of aldehydes is 1. The number of halogens is 5. The predicted molar refractivity (Wildman–Crippen MR) is 67.3 cm³/mol. The topological polar surface area (TPSA) is 17.1 Å². The zero-order valence-corrected chi connectivity index (χ0v) is 11.1. The molecule has 0 aliphatic heterocycles. The molecule has 0 aromatic heterocycles. The average Bonchev–Trinajstić information content (AvgIpc) is 2.42. The van der Waals surface area contributed by atoms with E-state index in [1.54, 1.807) is 0 Å². The molecule has 0 aliphatic rings. The Morgan fingerprint density at radius 1 is 0.952 bits per heavy atom. The second-order valence-electron chi connectivity index (χ2n) is 4.05. The van der Waals surface area contributed by atoms with Crippen LogP contribution in [0, 0.1) is 11.6 Å². The Hall–Kier alpha value is -1.89. The van der Waals surface area contributed by atoms with E-state index in [9.17, 15) is 26.7 Å². The molecule has 0 atom stereocenters. The Balaban J connectivity index is 2.48. The molecule has 0 unspecified atom stereocenters. The van der Waals surface area contributed by atoms with Gasteiger partial charge in [-0.25, -0.2) is 8.78 Å². The third-order valence-corrected chi connectivity index (χ3v) is 3.67. The minimum absolute atomic E-state index is 0.147. The SMILES string of the molecule is O=Cc1ccc(Sc2cc(F)ccc2F)c(C(F)(F)F)c1. The summed E-state index contributed by atoms with van der Waals surface area (Å²) >= 11 is 0.450. The number of hydrogen-bond donors (Lipinski definition) is 0. The third-order valence-electron chi connectivity index (χ3n) is 2.56. The van der Waals surface area contributed by atoms with Crippen molar-refractivity contribution < 1.29 is 26.7 Å². The summed E-state index contributed by atoms with van der Waals surface area (Å²) < 4.78 is 65.4. The van der Waals surface area contributed by atoms with Crippen LogP contribution in [0.15, 0.2) is 46.2 Å². The van der Waals surface area contributed by atoms with Crippen LogP contribution in [0.1, 0.15) is 15.9 Å². The Bertz CT molecular complexity index is 682. The van der Waals surface area contributed by atoms with Gasteiger partial charge in [0.25, 0.3) is 0 Å². The van der Waals surface area contributed by atoms with E-state index >= 15 is 0 Å². The van der Waals surface area contributed by atoms with Gasteiger partial charge >= 0.3 is 6.18 Å². The first-order valence-corrected chi connectivity index (χ1v) is 6.42. The molecule has 0 N–H and O–H groups in total. The average molecular weight is 318 g/mol. The van der Waals surface area contributed by atoms with Gasteiger partial charge in [0, 0.05) is 10.5 Å². The van der Waals surface area contributed by atoms with Gasteiger partial charge in [0.05, 0.1) is 10.5 Å². The van der Waals surface area contributed by atoms with Gasteiger partial charge in [-0.1, -0.05) is 17.8 Å². The van der Waals surface area contributed by atoms with E-state index in [2.05, 4.69) is 0 Å². The fraction of sp³-hybridized carbons (Fsp3) is 0.0714. The molecule has 2 rings (SSSR count). The van der Waals surface area contributed by atoms with E-state index in [1.807, 2.05) is 0 Å². The summed E-state index contributed by atoms with van der Waals surface area (Å²) in [6.45, 7) is 0. The fourth-order valence-electron chi connectivity index (χ4n) is 1.61. The zero-order valence-electron chi connectivity index (χ0n) is 10.2.